The molecule has 0 unspecified atom stereocenters. The Morgan fingerprint density at radius 3 is 2.48 bits per heavy atom. The molecule has 2 aromatic rings. The Morgan fingerprint density at radius 2 is 1.81 bits per heavy atom. The van der Waals surface area contributed by atoms with Crippen LogP contribution in [0.3, 0.4) is 0 Å². The normalized spacial score (nSPS) is 11.1. The summed E-state index contributed by atoms with van der Waals surface area (Å²) in [5.41, 5.74) is 6.54. The van der Waals surface area contributed by atoms with E-state index in [1.54, 1.807) is 18.2 Å². The molecule has 0 aliphatic carbocycles. The molecule has 0 fully saturated rings. The largest absolute Gasteiger partial charge is 0.504 e. The number of anilines is 1. The van der Waals surface area contributed by atoms with Crippen LogP contribution in [0.15, 0.2) is 47.6 Å². The van der Waals surface area contributed by atoms with Gasteiger partial charge in [0.25, 0.3) is 5.91 Å². The van der Waals surface area contributed by atoms with Gasteiger partial charge in [0, 0.05) is 16.8 Å². The van der Waals surface area contributed by atoms with Crippen molar-refractivity contribution >= 4 is 17.4 Å². The van der Waals surface area contributed by atoms with Gasteiger partial charge in [0.15, 0.2) is 17.3 Å². The van der Waals surface area contributed by atoms with E-state index in [1.165, 1.54) is 18.2 Å². The summed E-state index contributed by atoms with van der Waals surface area (Å²) in [6, 6.07) is 10.2. The molecule has 0 bridgehead atoms. The van der Waals surface area contributed by atoms with Crippen LogP contribution < -0.4 is 11.1 Å². The van der Waals surface area contributed by atoms with Crippen molar-refractivity contribution in [2.45, 2.75) is 0 Å². The molecule has 0 radical (unpaired) electrons. The Hall–Kier alpha value is -3.22. The van der Waals surface area contributed by atoms with E-state index in [-0.39, 0.29) is 22.9 Å². The maximum atomic E-state index is 12.0. The number of hydrogen-bond acceptors (Lipinski definition) is 5. The number of phenols is 2. The molecule has 0 heterocycles. The minimum atomic E-state index is -0.470. The highest BCUT2D eigenvalue weighted by atomic mass is 16.4. The van der Waals surface area contributed by atoms with Crippen LogP contribution in [-0.2, 0) is 0 Å². The monoisotopic (exact) mass is 287 g/mol. The Labute approximate surface area is 120 Å². The second-order valence-corrected chi connectivity index (χ2v) is 4.22. The third kappa shape index (κ3) is 3.21. The summed E-state index contributed by atoms with van der Waals surface area (Å²) in [7, 11) is 0. The average Bonchev–Trinajstić information content (AvgIpc) is 2.49. The van der Waals surface area contributed by atoms with E-state index in [1.807, 2.05) is 0 Å². The molecule has 2 rings (SSSR count). The lowest BCUT2D eigenvalue weighted by Crippen LogP contribution is -2.15. The number of carbonyl (C=O) groups is 1. The van der Waals surface area contributed by atoms with Crippen LogP contribution >= 0.6 is 0 Å². The van der Waals surface area contributed by atoms with Crippen LogP contribution in [0.25, 0.3) is 0 Å². The number of amides is 1. The lowest BCUT2D eigenvalue weighted by atomic mass is 10.1. The number of rotatable bonds is 3. The topological polar surface area (TPSA) is 128 Å². The molecule has 108 valence electrons. The Morgan fingerprint density at radius 1 is 1.05 bits per heavy atom. The molecule has 1 amide bonds. The predicted molar refractivity (Wildman–Crippen MR) is 76.7 cm³/mol. The average molecular weight is 287 g/mol. The molecule has 0 saturated heterocycles. The summed E-state index contributed by atoms with van der Waals surface area (Å²) in [6.45, 7) is 0. The Kier molecular flexibility index (Phi) is 3.94. The zero-order valence-corrected chi connectivity index (χ0v) is 10.8. The first-order chi connectivity index (χ1) is 10.0. The van der Waals surface area contributed by atoms with Crippen molar-refractivity contribution in [2.75, 3.05) is 5.32 Å². The summed E-state index contributed by atoms with van der Waals surface area (Å²) >= 11 is 0. The van der Waals surface area contributed by atoms with Crippen molar-refractivity contribution < 1.29 is 20.2 Å². The van der Waals surface area contributed by atoms with Crippen LogP contribution in [0.4, 0.5) is 5.69 Å². The van der Waals surface area contributed by atoms with E-state index in [9.17, 15) is 15.0 Å². The van der Waals surface area contributed by atoms with Crippen molar-refractivity contribution in [3.05, 3.63) is 53.6 Å². The van der Waals surface area contributed by atoms with Gasteiger partial charge in [0.1, 0.15) is 0 Å². The number of phenolic OH excluding ortho intramolecular Hbond substituents is 2. The van der Waals surface area contributed by atoms with Gasteiger partial charge in [-0.25, -0.2) is 0 Å². The molecular weight excluding hydrogens is 274 g/mol. The molecule has 0 aliphatic rings. The Bertz CT molecular complexity index is 713. The maximum Gasteiger partial charge on any atom is 0.255 e. The molecule has 21 heavy (non-hydrogen) atoms. The number of aromatic hydroxyl groups is 2. The highest BCUT2D eigenvalue weighted by Gasteiger charge is 2.10. The predicted octanol–water partition coefficient (Wildman–Crippen LogP) is 1.44. The highest BCUT2D eigenvalue weighted by molar-refractivity contribution is 6.05. The van der Waals surface area contributed by atoms with Gasteiger partial charge in [-0.1, -0.05) is 17.3 Å². The zero-order valence-electron chi connectivity index (χ0n) is 10.8. The van der Waals surface area contributed by atoms with Gasteiger partial charge < -0.3 is 26.5 Å². The molecular formula is C14H13N3O4. The van der Waals surface area contributed by atoms with Crippen molar-refractivity contribution in [3.8, 4) is 11.5 Å². The van der Waals surface area contributed by atoms with Gasteiger partial charge in [-0.15, -0.1) is 0 Å². The van der Waals surface area contributed by atoms with Crippen LogP contribution in [0.1, 0.15) is 15.9 Å². The summed E-state index contributed by atoms with van der Waals surface area (Å²) in [5, 5.41) is 32.7. The first kappa shape index (κ1) is 14.2. The standard InChI is InChI=1S/C14H13N3O4/c15-13(17-21)8-2-1-3-10(6-8)16-14(20)9-4-5-11(18)12(19)7-9/h1-7,18-19,21H,(H2,15,17)(H,16,20). The van der Waals surface area contributed by atoms with E-state index in [0.29, 0.717) is 11.3 Å². The maximum absolute atomic E-state index is 12.0. The fraction of sp³-hybridized carbons (Fsp3) is 0. The van der Waals surface area contributed by atoms with Gasteiger partial charge in [0.05, 0.1) is 0 Å². The molecule has 7 nitrogen and oxygen atoms in total. The van der Waals surface area contributed by atoms with Crippen LogP contribution in [-0.4, -0.2) is 27.2 Å². The van der Waals surface area contributed by atoms with Crippen LogP contribution in [0.5, 0.6) is 11.5 Å². The molecule has 6 N–H and O–H groups in total. The zero-order chi connectivity index (χ0) is 15.4. The Balaban J connectivity index is 2.21. The smallest absolute Gasteiger partial charge is 0.255 e. The third-order valence-corrected chi connectivity index (χ3v) is 2.76. The SMILES string of the molecule is N/C(=N/O)c1cccc(NC(=O)c2ccc(O)c(O)c2)c1. The van der Waals surface area contributed by atoms with Gasteiger partial charge in [-0.05, 0) is 30.3 Å². The lowest BCUT2D eigenvalue weighted by molar-refractivity contribution is 0.102. The first-order valence-corrected chi connectivity index (χ1v) is 5.92. The lowest BCUT2D eigenvalue weighted by Gasteiger charge is -2.07. The summed E-state index contributed by atoms with van der Waals surface area (Å²) in [5.74, 6) is -1.23. The number of benzene rings is 2. The minimum absolute atomic E-state index is 0.0756. The molecule has 0 atom stereocenters. The number of nitrogens with two attached hydrogens (primary N) is 1. The van der Waals surface area contributed by atoms with E-state index in [2.05, 4.69) is 10.5 Å². The summed E-state index contributed by atoms with van der Waals surface area (Å²) < 4.78 is 0. The number of nitrogens with zero attached hydrogens (tertiary/aromatic N) is 1. The van der Waals surface area contributed by atoms with Gasteiger partial charge >= 0.3 is 0 Å². The first-order valence-electron chi connectivity index (χ1n) is 5.92. The van der Waals surface area contributed by atoms with E-state index < -0.39 is 5.91 Å². The van der Waals surface area contributed by atoms with Crippen molar-refractivity contribution in [1.29, 1.82) is 0 Å². The quantitative estimate of drug-likeness (QED) is 0.192. The summed E-state index contributed by atoms with van der Waals surface area (Å²) in [4.78, 5) is 12.0. The second-order valence-electron chi connectivity index (χ2n) is 4.22. The fourth-order valence-corrected chi connectivity index (χ4v) is 1.68. The second kappa shape index (κ2) is 5.83. The molecule has 0 aromatic heterocycles. The molecule has 2 aromatic carbocycles. The van der Waals surface area contributed by atoms with Gasteiger partial charge in [0.2, 0.25) is 0 Å². The van der Waals surface area contributed by atoms with E-state index >= 15 is 0 Å². The number of carbonyl (C=O) groups excluding carboxylic acids is 1. The molecule has 0 aliphatic heterocycles. The van der Waals surface area contributed by atoms with Crippen LogP contribution in [0.2, 0.25) is 0 Å². The van der Waals surface area contributed by atoms with Crippen molar-refractivity contribution in [3.63, 3.8) is 0 Å². The highest BCUT2D eigenvalue weighted by Crippen LogP contribution is 2.25. The number of amidine groups is 1. The van der Waals surface area contributed by atoms with Crippen molar-refractivity contribution in [2.24, 2.45) is 10.9 Å². The number of oxime groups is 1. The third-order valence-electron chi connectivity index (χ3n) is 2.76. The van der Waals surface area contributed by atoms with E-state index in [4.69, 9.17) is 10.9 Å². The minimum Gasteiger partial charge on any atom is -0.504 e. The molecule has 0 spiro atoms. The number of hydrogen-bond donors (Lipinski definition) is 5. The number of nitrogens with one attached hydrogen (secondary N) is 1. The van der Waals surface area contributed by atoms with Crippen LogP contribution in [0, 0.1) is 0 Å². The van der Waals surface area contributed by atoms with Gasteiger partial charge in [-0.2, -0.15) is 0 Å². The fourth-order valence-electron chi connectivity index (χ4n) is 1.68. The molecule has 7 heteroatoms. The van der Waals surface area contributed by atoms with Gasteiger partial charge in [-0.3, -0.25) is 4.79 Å². The van der Waals surface area contributed by atoms with Crippen molar-refractivity contribution in [1.82, 2.24) is 0 Å². The summed E-state index contributed by atoms with van der Waals surface area (Å²) in [6.07, 6.45) is 0. The molecule has 0 saturated carbocycles. The van der Waals surface area contributed by atoms with E-state index in [0.717, 1.165) is 6.07 Å².